The van der Waals surface area contributed by atoms with Gasteiger partial charge >= 0.3 is 0 Å². The minimum Gasteiger partial charge on any atom is -0.337 e. The summed E-state index contributed by atoms with van der Waals surface area (Å²) in [5, 5.41) is 0. The van der Waals surface area contributed by atoms with Crippen molar-refractivity contribution in [1.82, 2.24) is 4.90 Å². The van der Waals surface area contributed by atoms with Crippen molar-refractivity contribution in [2.75, 3.05) is 0 Å². The summed E-state index contributed by atoms with van der Waals surface area (Å²) < 4.78 is 0. The van der Waals surface area contributed by atoms with Crippen LogP contribution in [0.3, 0.4) is 0 Å². The van der Waals surface area contributed by atoms with E-state index in [1.54, 1.807) is 0 Å². The van der Waals surface area contributed by atoms with Gasteiger partial charge in [0.1, 0.15) is 0 Å². The highest BCUT2D eigenvalue weighted by Crippen LogP contribution is 2.23. The number of hydrogen-bond donors (Lipinski definition) is 1. The number of hydrogen-bond acceptors (Lipinski definition) is 2. The van der Waals surface area contributed by atoms with Crippen LogP contribution in [0.1, 0.15) is 44.2 Å². The van der Waals surface area contributed by atoms with Crippen LogP contribution in [0.5, 0.6) is 0 Å². The minimum atomic E-state index is 0.250. The highest BCUT2D eigenvalue weighted by molar-refractivity contribution is 5.79. The van der Waals surface area contributed by atoms with Crippen molar-refractivity contribution in [3.8, 4) is 0 Å². The van der Waals surface area contributed by atoms with E-state index in [-0.39, 0.29) is 5.91 Å². The Morgan fingerprint density at radius 1 is 1.16 bits per heavy atom. The second-order valence-electron chi connectivity index (χ2n) is 5.63. The number of carbonyl (C=O) groups is 1. The third-order valence-corrected chi connectivity index (χ3v) is 4.10. The molecule has 1 saturated heterocycles. The summed E-state index contributed by atoms with van der Waals surface area (Å²) in [6.45, 7) is 4.87. The third-order valence-electron chi connectivity index (χ3n) is 4.10. The number of likely N-dealkylation sites (tertiary alicyclic amines) is 1. The number of rotatable bonds is 3. The maximum atomic E-state index is 12.4. The molecule has 1 aliphatic heterocycles. The Morgan fingerprint density at radius 2 is 1.68 bits per heavy atom. The van der Waals surface area contributed by atoms with Crippen LogP contribution in [0.2, 0.25) is 0 Å². The molecule has 1 amide bonds. The van der Waals surface area contributed by atoms with Gasteiger partial charge in [0.15, 0.2) is 0 Å². The molecule has 1 fully saturated rings. The van der Waals surface area contributed by atoms with Gasteiger partial charge in [-0.2, -0.15) is 0 Å². The molecular weight excluding hydrogens is 236 g/mol. The van der Waals surface area contributed by atoms with Gasteiger partial charge in [-0.3, -0.25) is 4.79 Å². The van der Waals surface area contributed by atoms with Crippen molar-refractivity contribution in [1.29, 1.82) is 0 Å². The zero-order valence-electron chi connectivity index (χ0n) is 11.9. The van der Waals surface area contributed by atoms with Gasteiger partial charge in [-0.25, -0.2) is 0 Å². The zero-order chi connectivity index (χ0) is 13.8. The lowest BCUT2D eigenvalue weighted by atomic mass is 9.96. The second-order valence-corrected chi connectivity index (χ2v) is 5.63. The van der Waals surface area contributed by atoms with Crippen molar-refractivity contribution in [2.45, 2.75) is 58.2 Å². The SMILES string of the molecule is CC1CCCC(C)N1C(=O)Cc1ccc(CN)cc1. The molecule has 1 heterocycles. The largest absolute Gasteiger partial charge is 0.337 e. The van der Waals surface area contributed by atoms with Crippen LogP contribution >= 0.6 is 0 Å². The molecule has 0 radical (unpaired) electrons. The Hall–Kier alpha value is -1.35. The lowest BCUT2D eigenvalue weighted by molar-refractivity contribution is -0.136. The normalized spacial score (nSPS) is 23.4. The van der Waals surface area contributed by atoms with E-state index >= 15 is 0 Å². The maximum Gasteiger partial charge on any atom is 0.227 e. The van der Waals surface area contributed by atoms with Gasteiger partial charge in [-0.1, -0.05) is 24.3 Å². The first kappa shape index (κ1) is 14.1. The summed E-state index contributed by atoms with van der Waals surface area (Å²) in [5.41, 5.74) is 7.76. The quantitative estimate of drug-likeness (QED) is 0.907. The fourth-order valence-corrected chi connectivity index (χ4v) is 2.97. The Balaban J connectivity index is 2.02. The molecule has 3 heteroatoms. The molecule has 0 aromatic heterocycles. The molecule has 0 aliphatic carbocycles. The van der Waals surface area contributed by atoms with Gasteiger partial charge in [-0.05, 0) is 44.2 Å². The highest BCUT2D eigenvalue weighted by Gasteiger charge is 2.28. The molecule has 2 unspecified atom stereocenters. The Labute approximate surface area is 115 Å². The fourth-order valence-electron chi connectivity index (χ4n) is 2.97. The van der Waals surface area contributed by atoms with E-state index < -0.39 is 0 Å². The predicted octanol–water partition coefficient (Wildman–Crippen LogP) is 2.48. The van der Waals surface area contributed by atoms with E-state index in [0.717, 1.165) is 24.0 Å². The molecule has 1 aliphatic rings. The van der Waals surface area contributed by atoms with E-state index in [9.17, 15) is 4.79 Å². The molecule has 1 aromatic rings. The summed E-state index contributed by atoms with van der Waals surface area (Å²) >= 11 is 0. The van der Waals surface area contributed by atoms with Gasteiger partial charge in [0.2, 0.25) is 5.91 Å². The molecule has 2 rings (SSSR count). The Morgan fingerprint density at radius 3 is 2.21 bits per heavy atom. The van der Waals surface area contributed by atoms with Crippen LogP contribution in [0.15, 0.2) is 24.3 Å². The maximum absolute atomic E-state index is 12.4. The molecule has 104 valence electrons. The van der Waals surface area contributed by atoms with Crippen LogP contribution in [0.25, 0.3) is 0 Å². The lowest BCUT2D eigenvalue weighted by Crippen LogP contribution is -2.48. The van der Waals surface area contributed by atoms with Crippen molar-refractivity contribution < 1.29 is 4.79 Å². The predicted molar refractivity (Wildman–Crippen MR) is 77.7 cm³/mol. The Kier molecular flexibility index (Phi) is 4.59. The van der Waals surface area contributed by atoms with E-state index in [4.69, 9.17) is 5.73 Å². The second kappa shape index (κ2) is 6.20. The summed E-state index contributed by atoms with van der Waals surface area (Å²) in [7, 11) is 0. The molecule has 0 bridgehead atoms. The summed E-state index contributed by atoms with van der Waals surface area (Å²) in [4.78, 5) is 14.5. The van der Waals surface area contributed by atoms with E-state index in [1.165, 1.54) is 6.42 Å². The number of piperidine rings is 1. The topological polar surface area (TPSA) is 46.3 Å². The number of nitrogens with zero attached hydrogens (tertiary/aromatic N) is 1. The van der Waals surface area contributed by atoms with Crippen molar-refractivity contribution in [3.05, 3.63) is 35.4 Å². The molecule has 1 aromatic carbocycles. The molecule has 0 saturated carbocycles. The van der Waals surface area contributed by atoms with E-state index in [0.29, 0.717) is 25.0 Å². The van der Waals surface area contributed by atoms with E-state index in [2.05, 4.69) is 18.7 Å². The van der Waals surface area contributed by atoms with Gasteiger partial charge in [0.25, 0.3) is 0 Å². The summed E-state index contributed by atoms with van der Waals surface area (Å²) in [6.07, 6.45) is 3.99. The minimum absolute atomic E-state index is 0.250. The molecule has 0 spiro atoms. The molecule has 2 N–H and O–H groups in total. The third kappa shape index (κ3) is 3.35. The number of benzene rings is 1. The number of nitrogens with two attached hydrogens (primary N) is 1. The van der Waals surface area contributed by atoms with Crippen molar-refractivity contribution in [2.24, 2.45) is 5.73 Å². The zero-order valence-corrected chi connectivity index (χ0v) is 11.9. The first-order chi connectivity index (χ1) is 9.11. The smallest absolute Gasteiger partial charge is 0.227 e. The van der Waals surface area contributed by atoms with Crippen LogP contribution in [-0.2, 0) is 17.8 Å². The number of amides is 1. The van der Waals surface area contributed by atoms with Crippen molar-refractivity contribution >= 4 is 5.91 Å². The van der Waals surface area contributed by atoms with Gasteiger partial charge in [-0.15, -0.1) is 0 Å². The molecule has 19 heavy (non-hydrogen) atoms. The summed E-state index contributed by atoms with van der Waals surface area (Å²) in [5.74, 6) is 0.250. The fraction of sp³-hybridized carbons (Fsp3) is 0.562. The first-order valence-electron chi connectivity index (χ1n) is 7.21. The summed E-state index contributed by atoms with van der Waals surface area (Å²) in [6, 6.07) is 8.79. The van der Waals surface area contributed by atoms with Gasteiger partial charge in [0.05, 0.1) is 6.42 Å². The molecule has 2 atom stereocenters. The molecular formula is C16H24N2O. The lowest BCUT2D eigenvalue weighted by Gasteiger charge is -2.39. The standard InChI is InChI=1S/C16H24N2O/c1-12-4-3-5-13(2)18(12)16(19)10-14-6-8-15(11-17)9-7-14/h6-9,12-13H,3-5,10-11,17H2,1-2H3. The highest BCUT2D eigenvalue weighted by atomic mass is 16.2. The van der Waals surface area contributed by atoms with Gasteiger partial charge in [0, 0.05) is 18.6 Å². The van der Waals surface area contributed by atoms with Crippen LogP contribution in [0, 0.1) is 0 Å². The van der Waals surface area contributed by atoms with Crippen LogP contribution < -0.4 is 5.73 Å². The Bertz CT molecular complexity index is 417. The first-order valence-corrected chi connectivity index (χ1v) is 7.21. The van der Waals surface area contributed by atoms with Crippen LogP contribution in [0.4, 0.5) is 0 Å². The monoisotopic (exact) mass is 260 g/mol. The average molecular weight is 260 g/mol. The van der Waals surface area contributed by atoms with Crippen LogP contribution in [-0.4, -0.2) is 22.9 Å². The van der Waals surface area contributed by atoms with Crippen molar-refractivity contribution in [3.63, 3.8) is 0 Å². The molecule has 3 nitrogen and oxygen atoms in total. The van der Waals surface area contributed by atoms with E-state index in [1.807, 2.05) is 24.3 Å². The average Bonchev–Trinajstić information content (AvgIpc) is 2.39. The van der Waals surface area contributed by atoms with Gasteiger partial charge < -0.3 is 10.6 Å². The number of carbonyl (C=O) groups excluding carboxylic acids is 1.